The number of nitrogens with zero attached hydrogens (tertiary/aromatic N) is 2. The molecule has 1 heterocycles. The maximum atomic E-state index is 12.2. The molecular formula is C17H16N2O4. The van der Waals surface area contributed by atoms with E-state index in [0.29, 0.717) is 0 Å². The van der Waals surface area contributed by atoms with E-state index >= 15 is 0 Å². The second-order valence-electron chi connectivity index (χ2n) is 5.21. The Balaban J connectivity index is 2.57. The Morgan fingerprint density at radius 1 is 1.30 bits per heavy atom. The summed E-state index contributed by atoms with van der Waals surface area (Å²) in [6.07, 6.45) is -0.615. The number of carbonyl (C=O) groups is 1. The fourth-order valence-corrected chi connectivity index (χ4v) is 2.55. The van der Waals surface area contributed by atoms with E-state index in [0.717, 1.165) is 11.1 Å². The van der Waals surface area contributed by atoms with Gasteiger partial charge in [-0.25, -0.2) is 4.79 Å². The van der Waals surface area contributed by atoms with Crippen molar-refractivity contribution >= 4 is 5.97 Å². The number of hydrogen-bond donors (Lipinski definition) is 0. The average molecular weight is 312 g/mol. The molecule has 2 unspecified atom stereocenters. The summed E-state index contributed by atoms with van der Waals surface area (Å²) in [4.78, 5) is 12.2. The average Bonchev–Trinajstić information content (AvgIpc) is 2.60. The largest absolute Gasteiger partial charge is 0.468 e. The van der Waals surface area contributed by atoms with Crippen molar-refractivity contribution in [3.63, 3.8) is 0 Å². The lowest BCUT2D eigenvalue weighted by atomic mass is 9.75. The van der Waals surface area contributed by atoms with Crippen LogP contribution >= 0.6 is 0 Å². The third-order valence-corrected chi connectivity index (χ3v) is 3.84. The summed E-state index contributed by atoms with van der Waals surface area (Å²) in [5.41, 5.74) is -0.0597. The van der Waals surface area contributed by atoms with Gasteiger partial charge >= 0.3 is 5.97 Å². The van der Waals surface area contributed by atoms with Gasteiger partial charge in [0.05, 0.1) is 20.3 Å². The van der Waals surface area contributed by atoms with Crippen molar-refractivity contribution < 1.29 is 19.0 Å². The Morgan fingerprint density at radius 3 is 2.43 bits per heavy atom. The van der Waals surface area contributed by atoms with Gasteiger partial charge in [0.2, 0.25) is 0 Å². The highest BCUT2D eigenvalue weighted by Gasteiger charge is 2.53. The van der Waals surface area contributed by atoms with Crippen LogP contribution in [0.1, 0.15) is 23.7 Å². The van der Waals surface area contributed by atoms with Crippen LogP contribution in [-0.2, 0) is 19.0 Å². The van der Waals surface area contributed by atoms with E-state index in [-0.39, 0.29) is 17.9 Å². The monoisotopic (exact) mass is 312 g/mol. The van der Waals surface area contributed by atoms with E-state index in [9.17, 15) is 15.3 Å². The maximum absolute atomic E-state index is 12.2. The summed E-state index contributed by atoms with van der Waals surface area (Å²) >= 11 is 0. The van der Waals surface area contributed by atoms with E-state index in [1.54, 1.807) is 0 Å². The van der Waals surface area contributed by atoms with E-state index in [1.807, 2.05) is 43.3 Å². The SMILES string of the molecule is COC(=O)C1(C#N)CC(c2ccc(C)cc2)OC(OC)=C1C#N. The van der Waals surface area contributed by atoms with Crippen molar-refractivity contribution in [2.75, 3.05) is 14.2 Å². The zero-order valence-electron chi connectivity index (χ0n) is 13.1. The predicted molar refractivity (Wildman–Crippen MR) is 79.3 cm³/mol. The van der Waals surface area contributed by atoms with Crippen molar-refractivity contribution in [3.8, 4) is 12.1 Å². The summed E-state index contributed by atoms with van der Waals surface area (Å²) in [6, 6.07) is 11.3. The molecule has 0 aliphatic carbocycles. The maximum Gasteiger partial charge on any atom is 0.332 e. The lowest BCUT2D eigenvalue weighted by Gasteiger charge is -2.34. The molecule has 6 nitrogen and oxygen atoms in total. The molecule has 0 spiro atoms. The lowest BCUT2D eigenvalue weighted by molar-refractivity contribution is -0.151. The standard InChI is InChI=1S/C17H16N2O4/c1-11-4-6-12(7-5-11)14-8-17(10-19,16(20)22-3)13(9-18)15(21-2)23-14/h4-7,14H,8H2,1-3H3. The van der Waals surface area contributed by atoms with Gasteiger partial charge in [0, 0.05) is 6.42 Å². The summed E-state index contributed by atoms with van der Waals surface area (Å²) in [5.74, 6) is -0.928. The van der Waals surface area contributed by atoms with Crippen LogP contribution < -0.4 is 0 Å². The second-order valence-corrected chi connectivity index (χ2v) is 5.21. The quantitative estimate of drug-likeness (QED) is 0.796. The summed E-state index contributed by atoms with van der Waals surface area (Å²) in [7, 11) is 2.50. The van der Waals surface area contributed by atoms with Crippen LogP contribution in [0.2, 0.25) is 0 Å². The first kappa shape index (κ1) is 16.4. The number of methoxy groups -OCH3 is 2. The molecule has 1 aromatic rings. The zero-order chi connectivity index (χ0) is 17.0. The van der Waals surface area contributed by atoms with Gasteiger partial charge in [0.15, 0.2) is 5.41 Å². The number of carbonyl (C=O) groups excluding carboxylic acids is 1. The van der Waals surface area contributed by atoms with Crippen molar-refractivity contribution in [3.05, 3.63) is 46.9 Å². The molecule has 0 saturated carbocycles. The molecule has 6 heteroatoms. The molecule has 0 bridgehead atoms. The van der Waals surface area contributed by atoms with Crippen molar-refractivity contribution in [1.82, 2.24) is 0 Å². The van der Waals surface area contributed by atoms with Crippen LogP contribution in [-0.4, -0.2) is 20.2 Å². The molecule has 23 heavy (non-hydrogen) atoms. The first-order chi connectivity index (χ1) is 11.0. The normalized spacial score (nSPS) is 23.3. The van der Waals surface area contributed by atoms with Gasteiger partial charge in [-0.15, -0.1) is 0 Å². The Kier molecular flexibility index (Phi) is 4.57. The van der Waals surface area contributed by atoms with E-state index in [4.69, 9.17) is 14.2 Å². The first-order valence-electron chi connectivity index (χ1n) is 6.94. The fourth-order valence-electron chi connectivity index (χ4n) is 2.55. The lowest BCUT2D eigenvalue weighted by Crippen LogP contribution is -2.39. The topological polar surface area (TPSA) is 92.3 Å². The number of rotatable bonds is 3. The molecule has 0 amide bonds. The summed E-state index contributed by atoms with van der Waals surface area (Å²) < 4.78 is 15.5. The molecule has 0 radical (unpaired) electrons. The third kappa shape index (κ3) is 2.72. The molecule has 1 aliphatic rings. The van der Waals surface area contributed by atoms with E-state index in [1.165, 1.54) is 14.2 Å². The number of aryl methyl sites for hydroxylation is 1. The number of ether oxygens (including phenoxy) is 3. The van der Waals surface area contributed by atoms with Gasteiger partial charge in [-0.3, -0.25) is 0 Å². The van der Waals surface area contributed by atoms with E-state index < -0.39 is 17.5 Å². The Labute approximate surface area is 134 Å². The van der Waals surface area contributed by atoms with Crippen molar-refractivity contribution in [1.29, 1.82) is 10.5 Å². The Morgan fingerprint density at radius 2 is 1.96 bits per heavy atom. The molecular weight excluding hydrogens is 296 g/mol. The van der Waals surface area contributed by atoms with Crippen LogP contribution in [0.4, 0.5) is 0 Å². The summed E-state index contributed by atoms with van der Waals surface area (Å²) in [5, 5.41) is 19.0. The molecule has 2 atom stereocenters. The minimum Gasteiger partial charge on any atom is -0.468 e. The Hall–Kier alpha value is -2.99. The predicted octanol–water partition coefficient (Wildman–Crippen LogP) is 2.52. The summed E-state index contributed by atoms with van der Waals surface area (Å²) in [6.45, 7) is 1.95. The molecule has 0 saturated heterocycles. The fraction of sp³-hybridized carbons (Fsp3) is 0.353. The van der Waals surface area contributed by atoms with Gasteiger partial charge < -0.3 is 14.2 Å². The molecule has 0 aromatic heterocycles. The highest BCUT2D eigenvalue weighted by molar-refractivity contribution is 5.85. The molecule has 0 fully saturated rings. The van der Waals surface area contributed by atoms with Crippen molar-refractivity contribution in [2.24, 2.45) is 5.41 Å². The number of hydrogen-bond acceptors (Lipinski definition) is 6. The molecule has 118 valence electrons. The van der Waals surface area contributed by atoms with Gasteiger partial charge in [-0.2, -0.15) is 10.5 Å². The van der Waals surface area contributed by atoms with Crippen molar-refractivity contribution in [2.45, 2.75) is 19.4 Å². The van der Waals surface area contributed by atoms with Gasteiger partial charge in [-0.05, 0) is 12.5 Å². The number of nitriles is 2. The molecule has 1 aliphatic heterocycles. The van der Waals surface area contributed by atoms with Crippen LogP contribution in [0.3, 0.4) is 0 Å². The zero-order valence-corrected chi connectivity index (χ0v) is 13.1. The highest BCUT2D eigenvalue weighted by atomic mass is 16.7. The number of benzene rings is 1. The minimum absolute atomic E-state index is 0.0189. The molecule has 1 aromatic carbocycles. The molecule has 0 N–H and O–H groups in total. The van der Waals surface area contributed by atoms with Crippen LogP contribution in [0.5, 0.6) is 0 Å². The second kappa shape index (κ2) is 6.41. The Bertz CT molecular complexity index is 724. The van der Waals surface area contributed by atoms with Gasteiger partial charge in [0.1, 0.15) is 17.7 Å². The number of esters is 1. The van der Waals surface area contributed by atoms with Gasteiger partial charge in [0.25, 0.3) is 5.95 Å². The minimum atomic E-state index is -1.75. The first-order valence-corrected chi connectivity index (χ1v) is 6.94. The smallest absolute Gasteiger partial charge is 0.332 e. The molecule has 2 rings (SSSR count). The highest BCUT2D eigenvalue weighted by Crippen LogP contribution is 2.46. The van der Waals surface area contributed by atoms with E-state index in [2.05, 4.69) is 0 Å². The van der Waals surface area contributed by atoms with Crippen LogP contribution in [0.25, 0.3) is 0 Å². The third-order valence-electron chi connectivity index (χ3n) is 3.84. The van der Waals surface area contributed by atoms with Gasteiger partial charge in [-0.1, -0.05) is 29.8 Å². The van der Waals surface area contributed by atoms with Crippen LogP contribution in [0.15, 0.2) is 35.8 Å². The van der Waals surface area contributed by atoms with Crippen LogP contribution in [0, 0.1) is 35.0 Å².